The first-order valence-corrected chi connectivity index (χ1v) is 3.96. The van der Waals surface area contributed by atoms with Crippen molar-refractivity contribution in [2.24, 2.45) is 7.05 Å². The van der Waals surface area contributed by atoms with Gasteiger partial charge in [0.15, 0.2) is 5.69 Å². The van der Waals surface area contributed by atoms with Crippen LogP contribution in [0.1, 0.15) is 10.5 Å². The molecule has 72 valence electrons. The Morgan fingerprint density at radius 1 is 1.57 bits per heavy atom. The minimum Gasteiger partial charge on any atom is -0.476 e. The molecule has 0 saturated carbocycles. The van der Waals surface area contributed by atoms with Gasteiger partial charge in [0.1, 0.15) is 11.3 Å². The summed E-state index contributed by atoms with van der Waals surface area (Å²) in [4.78, 5) is 10.7. The van der Waals surface area contributed by atoms with Crippen molar-refractivity contribution in [3.8, 4) is 0 Å². The third kappa shape index (κ3) is 1.06. The van der Waals surface area contributed by atoms with Crippen LogP contribution in [-0.2, 0) is 7.05 Å². The molecule has 0 aliphatic rings. The number of aromatic carboxylic acids is 1. The summed E-state index contributed by atoms with van der Waals surface area (Å²) in [6, 6.07) is 4.27. The molecule has 5 heteroatoms. The molecule has 0 radical (unpaired) electrons. The Hall–Kier alpha value is -1.91. The molecule has 1 N–H and O–H groups in total. The number of aromatic nitrogens is 2. The minimum absolute atomic E-state index is 0.123. The van der Waals surface area contributed by atoms with Gasteiger partial charge in [0, 0.05) is 12.4 Å². The normalized spacial score (nSPS) is 10.7. The molecule has 2 aromatic rings. The summed E-state index contributed by atoms with van der Waals surface area (Å²) in [5, 5.41) is 12.8. The Balaban J connectivity index is 2.91. The van der Waals surface area contributed by atoms with E-state index in [4.69, 9.17) is 5.11 Å². The lowest BCUT2D eigenvalue weighted by molar-refractivity contribution is 0.0691. The Morgan fingerprint density at radius 2 is 2.29 bits per heavy atom. The quantitative estimate of drug-likeness (QED) is 0.746. The molecule has 2 rings (SSSR count). The molecule has 0 fully saturated rings. The average Bonchev–Trinajstić information content (AvgIpc) is 2.45. The van der Waals surface area contributed by atoms with Crippen LogP contribution in [0.25, 0.3) is 10.9 Å². The van der Waals surface area contributed by atoms with Crippen molar-refractivity contribution < 1.29 is 14.3 Å². The number of halogens is 1. The second kappa shape index (κ2) is 2.80. The fourth-order valence-electron chi connectivity index (χ4n) is 1.45. The first kappa shape index (κ1) is 8.68. The number of carboxylic acid groups (broad SMARTS) is 1. The van der Waals surface area contributed by atoms with E-state index in [1.807, 2.05) is 0 Å². The van der Waals surface area contributed by atoms with Crippen LogP contribution in [-0.4, -0.2) is 20.9 Å². The van der Waals surface area contributed by atoms with Crippen molar-refractivity contribution in [2.45, 2.75) is 0 Å². The SMILES string of the molecule is Cn1nc(C(=O)O)c2cccc(F)c21. The van der Waals surface area contributed by atoms with Crippen LogP contribution < -0.4 is 0 Å². The lowest BCUT2D eigenvalue weighted by Gasteiger charge is -1.93. The Morgan fingerprint density at radius 3 is 2.93 bits per heavy atom. The van der Waals surface area contributed by atoms with Gasteiger partial charge >= 0.3 is 5.97 Å². The van der Waals surface area contributed by atoms with Crippen LogP contribution in [0, 0.1) is 5.82 Å². The number of benzene rings is 1. The van der Waals surface area contributed by atoms with E-state index < -0.39 is 11.8 Å². The maximum absolute atomic E-state index is 13.3. The van der Waals surface area contributed by atoms with Crippen molar-refractivity contribution in [2.75, 3.05) is 0 Å². The third-order valence-electron chi connectivity index (χ3n) is 2.02. The summed E-state index contributed by atoms with van der Waals surface area (Å²) in [6.07, 6.45) is 0. The predicted octanol–water partition coefficient (Wildman–Crippen LogP) is 1.41. The van der Waals surface area contributed by atoms with Crippen molar-refractivity contribution in [1.82, 2.24) is 9.78 Å². The van der Waals surface area contributed by atoms with Crippen LogP contribution >= 0.6 is 0 Å². The summed E-state index contributed by atoms with van der Waals surface area (Å²) in [5.74, 6) is -1.62. The van der Waals surface area contributed by atoms with Gasteiger partial charge in [-0.05, 0) is 6.07 Å². The molecule has 0 unspecified atom stereocenters. The number of fused-ring (bicyclic) bond motifs is 1. The van der Waals surface area contributed by atoms with Crippen molar-refractivity contribution in [1.29, 1.82) is 0 Å². The Bertz CT molecular complexity index is 519. The number of rotatable bonds is 1. The van der Waals surface area contributed by atoms with E-state index in [0.717, 1.165) is 0 Å². The van der Waals surface area contributed by atoms with Crippen molar-refractivity contribution in [3.63, 3.8) is 0 Å². The number of nitrogens with zero attached hydrogens (tertiary/aromatic N) is 2. The van der Waals surface area contributed by atoms with Gasteiger partial charge < -0.3 is 5.11 Å². The molecule has 0 bridgehead atoms. The van der Waals surface area contributed by atoms with Crippen LogP contribution in [0.3, 0.4) is 0 Å². The Kier molecular flexibility index (Phi) is 1.73. The van der Waals surface area contributed by atoms with Gasteiger partial charge in [-0.15, -0.1) is 0 Å². The lowest BCUT2D eigenvalue weighted by atomic mass is 10.2. The zero-order chi connectivity index (χ0) is 10.3. The Labute approximate surface area is 78.6 Å². The summed E-state index contributed by atoms with van der Waals surface area (Å²) in [6.45, 7) is 0. The highest BCUT2D eigenvalue weighted by atomic mass is 19.1. The highest BCUT2D eigenvalue weighted by Crippen LogP contribution is 2.20. The van der Waals surface area contributed by atoms with Crippen LogP contribution in [0.4, 0.5) is 4.39 Å². The lowest BCUT2D eigenvalue weighted by Crippen LogP contribution is -1.99. The maximum atomic E-state index is 13.3. The molecule has 14 heavy (non-hydrogen) atoms. The fraction of sp³-hybridized carbons (Fsp3) is 0.111. The topological polar surface area (TPSA) is 55.1 Å². The van der Waals surface area contributed by atoms with Gasteiger partial charge in [0.2, 0.25) is 0 Å². The van der Waals surface area contributed by atoms with E-state index in [0.29, 0.717) is 5.39 Å². The molecule has 1 aromatic heterocycles. The van der Waals surface area contributed by atoms with Crippen molar-refractivity contribution >= 4 is 16.9 Å². The standard InChI is InChI=1S/C9H7FN2O2/c1-12-8-5(3-2-4-6(8)10)7(11-12)9(13)14/h2-4H,1H3,(H,13,14). The van der Waals surface area contributed by atoms with Crippen molar-refractivity contribution in [3.05, 3.63) is 29.7 Å². The molecular weight excluding hydrogens is 187 g/mol. The molecule has 4 nitrogen and oxygen atoms in total. The highest BCUT2D eigenvalue weighted by Gasteiger charge is 2.16. The molecule has 0 spiro atoms. The van der Waals surface area contributed by atoms with E-state index >= 15 is 0 Å². The average molecular weight is 194 g/mol. The summed E-state index contributed by atoms with van der Waals surface area (Å²) >= 11 is 0. The predicted molar refractivity (Wildman–Crippen MR) is 47.6 cm³/mol. The van der Waals surface area contributed by atoms with E-state index in [9.17, 15) is 9.18 Å². The van der Waals surface area contributed by atoms with Gasteiger partial charge in [-0.2, -0.15) is 5.10 Å². The molecule has 0 saturated heterocycles. The summed E-state index contributed by atoms with van der Waals surface area (Å²) < 4.78 is 14.5. The second-order valence-electron chi connectivity index (χ2n) is 2.91. The largest absolute Gasteiger partial charge is 0.476 e. The molecular formula is C9H7FN2O2. The molecule has 0 aliphatic carbocycles. The molecule has 0 amide bonds. The number of hydrogen-bond acceptors (Lipinski definition) is 2. The number of carboxylic acids is 1. The smallest absolute Gasteiger partial charge is 0.357 e. The molecule has 0 atom stereocenters. The molecule has 1 heterocycles. The highest BCUT2D eigenvalue weighted by molar-refractivity contribution is 6.01. The zero-order valence-electron chi connectivity index (χ0n) is 7.36. The number of hydrogen-bond donors (Lipinski definition) is 1. The first-order chi connectivity index (χ1) is 6.61. The number of carbonyl (C=O) groups is 1. The second-order valence-corrected chi connectivity index (χ2v) is 2.91. The monoisotopic (exact) mass is 194 g/mol. The van der Waals surface area contributed by atoms with E-state index in [1.165, 1.54) is 29.9 Å². The maximum Gasteiger partial charge on any atom is 0.357 e. The van der Waals surface area contributed by atoms with Gasteiger partial charge in [0.05, 0.1) is 0 Å². The van der Waals surface area contributed by atoms with E-state index in [2.05, 4.69) is 5.10 Å². The molecule has 1 aromatic carbocycles. The first-order valence-electron chi connectivity index (χ1n) is 3.96. The van der Waals surface area contributed by atoms with Crippen LogP contribution in [0.15, 0.2) is 18.2 Å². The van der Waals surface area contributed by atoms with E-state index in [-0.39, 0.29) is 11.2 Å². The van der Waals surface area contributed by atoms with Gasteiger partial charge in [0.25, 0.3) is 0 Å². The van der Waals surface area contributed by atoms with Crippen LogP contribution in [0.2, 0.25) is 0 Å². The van der Waals surface area contributed by atoms with Gasteiger partial charge in [-0.25, -0.2) is 9.18 Å². The van der Waals surface area contributed by atoms with E-state index in [1.54, 1.807) is 0 Å². The van der Waals surface area contributed by atoms with Crippen LogP contribution in [0.5, 0.6) is 0 Å². The summed E-state index contributed by atoms with van der Waals surface area (Å²) in [7, 11) is 1.51. The fourth-order valence-corrected chi connectivity index (χ4v) is 1.45. The zero-order valence-corrected chi connectivity index (χ0v) is 7.36. The van der Waals surface area contributed by atoms with Gasteiger partial charge in [-0.3, -0.25) is 4.68 Å². The molecule has 0 aliphatic heterocycles. The summed E-state index contributed by atoms with van der Waals surface area (Å²) in [5.41, 5.74) is 0.0897. The number of para-hydroxylation sites is 1. The number of aryl methyl sites for hydroxylation is 1. The minimum atomic E-state index is -1.15. The third-order valence-corrected chi connectivity index (χ3v) is 2.02. The van der Waals surface area contributed by atoms with Gasteiger partial charge in [-0.1, -0.05) is 12.1 Å².